The SMILES string of the molecule is CSc1cccc2sc(N(CCN3CCOCC3)C(=O)c3ccco3)nc12.Cl. The van der Waals surface area contributed by atoms with E-state index in [2.05, 4.69) is 11.0 Å². The summed E-state index contributed by atoms with van der Waals surface area (Å²) in [5.41, 5.74) is 0.952. The first-order chi connectivity index (χ1) is 13.3. The zero-order valence-corrected chi connectivity index (χ0v) is 17.9. The quantitative estimate of drug-likeness (QED) is 0.541. The number of nitrogens with zero attached hydrogens (tertiary/aromatic N) is 3. The lowest BCUT2D eigenvalue weighted by atomic mass is 10.3. The van der Waals surface area contributed by atoms with Gasteiger partial charge in [0, 0.05) is 31.1 Å². The zero-order chi connectivity index (χ0) is 18.6. The predicted molar refractivity (Wildman–Crippen MR) is 116 cm³/mol. The van der Waals surface area contributed by atoms with E-state index in [0.717, 1.165) is 48.0 Å². The molecule has 150 valence electrons. The third kappa shape index (κ3) is 4.52. The molecule has 1 aliphatic rings. The molecule has 1 saturated heterocycles. The van der Waals surface area contributed by atoms with Crippen molar-refractivity contribution in [1.29, 1.82) is 0 Å². The number of thiazole rings is 1. The van der Waals surface area contributed by atoms with E-state index in [9.17, 15) is 4.79 Å². The van der Waals surface area contributed by atoms with Crippen LogP contribution in [0.3, 0.4) is 0 Å². The van der Waals surface area contributed by atoms with Crippen molar-refractivity contribution in [2.45, 2.75) is 4.90 Å². The molecule has 3 heterocycles. The number of thioether (sulfide) groups is 1. The van der Waals surface area contributed by atoms with E-state index in [4.69, 9.17) is 14.1 Å². The lowest BCUT2D eigenvalue weighted by Crippen LogP contribution is -2.43. The van der Waals surface area contributed by atoms with E-state index < -0.39 is 0 Å². The summed E-state index contributed by atoms with van der Waals surface area (Å²) in [5, 5.41) is 0.709. The first-order valence-electron chi connectivity index (χ1n) is 8.85. The van der Waals surface area contributed by atoms with Crippen LogP contribution in [0.15, 0.2) is 45.9 Å². The molecule has 1 aliphatic heterocycles. The van der Waals surface area contributed by atoms with Gasteiger partial charge in [0.05, 0.1) is 29.7 Å². The lowest BCUT2D eigenvalue weighted by molar-refractivity contribution is 0.0390. The van der Waals surface area contributed by atoms with Crippen LogP contribution in [0, 0.1) is 0 Å². The molecule has 4 rings (SSSR count). The van der Waals surface area contributed by atoms with Crippen LogP contribution in [0.1, 0.15) is 10.6 Å². The molecule has 1 amide bonds. The van der Waals surface area contributed by atoms with Crippen molar-refractivity contribution in [3.05, 3.63) is 42.4 Å². The first-order valence-corrected chi connectivity index (χ1v) is 10.9. The van der Waals surface area contributed by atoms with Crippen molar-refractivity contribution in [1.82, 2.24) is 9.88 Å². The average molecular weight is 440 g/mol. The van der Waals surface area contributed by atoms with Crippen molar-refractivity contribution in [3.63, 3.8) is 0 Å². The fourth-order valence-electron chi connectivity index (χ4n) is 3.08. The molecular weight excluding hydrogens is 418 g/mol. The fourth-order valence-corrected chi connectivity index (χ4v) is 4.72. The van der Waals surface area contributed by atoms with Crippen LogP contribution < -0.4 is 4.90 Å². The maximum Gasteiger partial charge on any atom is 0.295 e. The van der Waals surface area contributed by atoms with Gasteiger partial charge in [-0.05, 0) is 30.5 Å². The maximum absolute atomic E-state index is 13.1. The van der Waals surface area contributed by atoms with E-state index in [1.54, 1.807) is 40.1 Å². The number of ether oxygens (including phenoxy) is 1. The molecule has 0 unspecified atom stereocenters. The van der Waals surface area contributed by atoms with Gasteiger partial charge in [-0.25, -0.2) is 4.98 Å². The number of carbonyl (C=O) groups excluding carboxylic acids is 1. The summed E-state index contributed by atoms with van der Waals surface area (Å²) in [6, 6.07) is 9.57. The highest BCUT2D eigenvalue weighted by molar-refractivity contribution is 7.98. The minimum Gasteiger partial charge on any atom is -0.459 e. The summed E-state index contributed by atoms with van der Waals surface area (Å²) in [7, 11) is 0. The Morgan fingerprint density at radius 1 is 1.29 bits per heavy atom. The molecule has 6 nitrogen and oxygen atoms in total. The lowest BCUT2D eigenvalue weighted by Gasteiger charge is -2.28. The number of aromatic nitrogens is 1. The maximum atomic E-state index is 13.1. The van der Waals surface area contributed by atoms with Gasteiger partial charge < -0.3 is 9.15 Å². The number of anilines is 1. The summed E-state index contributed by atoms with van der Waals surface area (Å²) >= 11 is 3.21. The van der Waals surface area contributed by atoms with Gasteiger partial charge in [-0.2, -0.15) is 0 Å². The number of fused-ring (bicyclic) bond motifs is 1. The molecule has 28 heavy (non-hydrogen) atoms. The van der Waals surface area contributed by atoms with Crippen LogP contribution in [0.2, 0.25) is 0 Å². The number of hydrogen-bond donors (Lipinski definition) is 0. The fraction of sp³-hybridized carbons (Fsp3) is 0.368. The molecule has 1 aromatic carbocycles. The van der Waals surface area contributed by atoms with E-state index in [-0.39, 0.29) is 18.3 Å². The molecule has 0 spiro atoms. The monoisotopic (exact) mass is 439 g/mol. The molecule has 2 aromatic heterocycles. The second-order valence-electron chi connectivity index (χ2n) is 6.19. The topological polar surface area (TPSA) is 58.8 Å². The van der Waals surface area contributed by atoms with Crippen LogP contribution in [0.25, 0.3) is 10.2 Å². The number of hydrogen-bond acceptors (Lipinski definition) is 7. The van der Waals surface area contributed by atoms with Crippen molar-refractivity contribution in [2.24, 2.45) is 0 Å². The van der Waals surface area contributed by atoms with Crippen molar-refractivity contribution in [2.75, 3.05) is 50.5 Å². The summed E-state index contributed by atoms with van der Waals surface area (Å²) in [6.45, 7) is 4.60. The van der Waals surface area contributed by atoms with Crippen LogP contribution in [-0.2, 0) is 4.74 Å². The molecule has 0 saturated carbocycles. The molecule has 0 N–H and O–H groups in total. The smallest absolute Gasteiger partial charge is 0.295 e. The number of morpholine rings is 1. The van der Waals surface area contributed by atoms with Crippen LogP contribution in [0.5, 0.6) is 0 Å². The Morgan fingerprint density at radius 3 is 2.82 bits per heavy atom. The number of carbonyl (C=O) groups is 1. The molecule has 0 atom stereocenters. The molecule has 0 aliphatic carbocycles. The minimum absolute atomic E-state index is 0. The predicted octanol–water partition coefficient (Wildman–Crippen LogP) is 4.01. The summed E-state index contributed by atoms with van der Waals surface area (Å²) < 4.78 is 11.9. The van der Waals surface area contributed by atoms with Gasteiger partial charge >= 0.3 is 0 Å². The van der Waals surface area contributed by atoms with E-state index in [1.807, 2.05) is 18.4 Å². The first kappa shape index (κ1) is 21.1. The summed E-state index contributed by atoms with van der Waals surface area (Å²) in [4.78, 5) is 23.0. The third-order valence-corrected chi connectivity index (χ3v) is 6.35. The Morgan fingerprint density at radius 2 is 2.11 bits per heavy atom. The van der Waals surface area contributed by atoms with Crippen molar-refractivity contribution >= 4 is 56.8 Å². The van der Waals surface area contributed by atoms with Gasteiger partial charge in [-0.3, -0.25) is 14.6 Å². The van der Waals surface area contributed by atoms with Gasteiger partial charge in [0.1, 0.15) is 0 Å². The van der Waals surface area contributed by atoms with Crippen LogP contribution in [-0.4, -0.2) is 61.4 Å². The molecule has 3 aromatic rings. The molecule has 0 bridgehead atoms. The van der Waals surface area contributed by atoms with Crippen LogP contribution in [0.4, 0.5) is 5.13 Å². The molecule has 0 radical (unpaired) electrons. The number of rotatable bonds is 6. The molecule has 9 heteroatoms. The van der Waals surface area contributed by atoms with Gasteiger partial charge in [0.15, 0.2) is 10.9 Å². The highest BCUT2D eigenvalue weighted by atomic mass is 35.5. The van der Waals surface area contributed by atoms with E-state index in [0.29, 0.717) is 17.4 Å². The second kappa shape index (κ2) is 9.76. The molecule has 1 fully saturated rings. The van der Waals surface area contributed by atoms with Crippen LogP contribution >= 0.6 is 35.5 Å². The van der Waals surface area contributed by atoms with Gasteiger partial charge in [-0.15, -0.1) is 24.2 Å². The number of benzene rings is 1. The Balaban J connectivity index is 0.00000225. The van der Waals surface area contributed by atoms with Crippen molar-refractivity contribution in [3.8, 4) is 0 Å². The normalized spacial score (nSPS) is 14.8. The Labute approximate surface area is 178 Å². The highest BCUT2D eigenvalue weighted by Crippen LogP contribution is 2.34. The second-order valence-corrected chi connectivity index (χ2v) is 8.05. The average Bonchev–Trinajstić information content (AvgIpc) is 3.38. The van der Waals surface area contributed by atoms with E-state index in [1.165, 1.54) is 6.26 Å². The summed E-state index contributed by atoms with van der Waals surface area (Å²) in [5.74, 6) is 0.180. The van der Waals surface area contributed by atoms with E-state index >= 15 is 0 Å². The number of para-hydroxylation sites is 1. The Kier molecular flexibility index (Phi) is 7.36. The Bertz CT molecular complexity index is 910. The number of halogens is 1. The molecular formula is C19H22ClN3O3S2. The third-order valence-electron chi connectivity index (χ3n) is 4.54. The highest BCUT2D eigenvalue weighted by Gasteiger charge is 2.24. The number of furan rings is 1. The number of amides is 1. The standard InChI is InChI=1S/C19H21N3O3S2.ClH/c1-26-15-5-2-6-16-17(15)20-19(27-16)22(18(23)14-4-3-11-25-14)8-7-21-9-12-24-13-10-21;/h2-6,11H,7-10,12-13H2,1H3;1H. The van der Waals surface area contributed by atoms with Gasteiger partial charge in [0.25, 0.3) is 5.91 Å². The Hall–Kier alpha value is -1.58. The summed E-state index contributed by atoms with van der Waals surface area (Å²) in [6.07, 6.45) is 3.57. The largest absolute Gasteiger partial charge is 0.459 e. The van der Waals surface area contributed by atoms with Gasteiger partial charge in [-0.1, -0.05) is 17.4 Å². The van der Waals surface area contributed by atoms with Crippen molar-refractivity contribution < 1.29 is 13.9 Å². The van der Waals surface area contributed by atoms with Gasteiger partial charge in [0.2, 0.25) is 0 Å². The minimum atomic E-state index is -0.155. The zero-order valence-electron chi connectivity index (χ0n) is 15.5.